The minimum absolute atomic E-state index is 0.0605. The van der Waals surface area contributed by atoms with Crippen LogP contribution in [0.3, 0.4) is 0 Å². The van der Waals surface area contributed by atoms with E-state index in [-0.39, 0.29) is 5.41 Å². The molecule has 0 amide bonds. The maximum absolute atomic E-state index is 9.59. The number of benzene rings is 2. The van der Waals surface area contributed by atoms with Gasteiger partial charge in [-0.2, -0.15) is 0 Å². The lowest BCUT2D eigenvalue weighted by atomic mass is 9.73. The van der Waals surface area contributed by atoms with Crippen molar-refractivity contribution in [3.63, 3.8) is 0 Å². The third-order valence-corrected chi connectivity index (χ3v) is 3.91. The van der Waals surface area contributed by atoms with Crippen LogP contribution < -0.4 is 5.73 Å². The van der Waals surface area contributed by atoms with Gasteiger partial charge in [0.2, 0.25) is 0 Å². The van der Waals surface area contributed by atoms with E-state index in [0.29, 0.717) is 12.3 Å². The summed E-state index contributed by atoms with van der Waals surface area (Å²) in [5.74, 6) is 0.313. The number of hydrogen-bond acceptors (Lipinski definition) is 2. The highest BCUT2D eigenvalue weighted by Gasteiger charge is 2.29. The van der Waals surface area contributed by atoms with E-state index in [9.17, 15) is 5.11 Å². The van der Waals surface area contributed by atoms with Gasteiger partial charge in [0.1, 0.15) is 5.75 Å². The van der Waals surface area contributed by atoms with Crippen molar-refractivity contribution in [1.82, 2.24) is 0 Å². The molecule has 2 nitrogen and oxygen atoms in total. The fourth-order valence-electron chi connectivity index (χ4n) is 2.61. The first-order valence-electron chi connectivity index (χ1n) is 6.74. The summed E-state index contributed by atoms with van der Waals surface area (Å²) in [6, 6.07) is 17.9. The average molecular weight is 255 g/mol. The zero-order valence-corrected chi connectivity index (χ0v) is 11.3. The quantitative estimate of drug-likeness (QED) is 0.861. The molecule has 1 atom stereocenters. The maximum atomic E-state index is 9.59. The maximum Gasteiger partial charge on any atom is 0.115 e. The van der Waals surface area contributed by atoms with Crippen molar-refractivity contribution >= 4 is 0 Å². The van der Waals surface area contributed by atoms with Crippen molar-refractivity contribution in [1.29, 1.82) is 0 Å². The van der Waals surface area contributed by atoms with Crippen LogP contribution in [0.5, 0.6) is 5.75 Å². The van der Waals surface area contributed by atoms with Crippen LogP contribution in [-0.4, -0.2) is 11.7 Å². The monoisotopic (exact) mass is 255 g/mol. The number of phenolic OH excluding ortho intramolecular Hbond substituents is 1. The number of rotatable bonds is 5. The van der Waals surface area contributed by atoms with Crippen LogP contribution in [-0.2, 0) is 11.8 Å². The van der Waals surface area contributed by atoms with Crippen molar-refractivity contribution in [3.05, 3.63) is 65.7 Å². The Bertz CT molecular complexity index is 518. The summed E-state index contributed by atoms with van der Waals surface area (Å²) in [5.41, 5.74) is 8.40. The molecule has 0 fully saturated rings. The first-order chi connectivity index (χ1) is 9.20. The summed E-state index contributed by atoms with van der Waals surface area (Å²) in [4.78, 5) is 0. The van der Waals surface area contributed by atoms with Gasteiger partial charge >= 0.3 is 0 Å². The fourth-order valence-corrected chi connectivity index (χ4v) is 2.61. The van der Waals surface area contributed by atoms with E-state index in [1.54, 1.807) is 6.07 Å². The molecule has 2 heteroatoms. The van der Waals surface area contributed by atoms with Gasteiger partial charge in [-0.05, 0) is 36.1 Å². The summed E-state index contributed by atoms with van der Waals surface area (Å²) in [6.45, 7) is 2.77. The van der Waals surface area contributed by atoms with Gasteiger partial charge in [0.25, 0.3) is 0 Å². The van der Waals surface area contributed by atoms with Gasteiger partial charge in [-0.25, -0.2) is 0 Å². The highest BCUT2D eigenvalue weighted by molar-refractivity contribution is 5.33. The fraction of sp³-hybridized carbons (Fsp3) is 0.294. The van der Waals surface area contributed by atoms with Gasteiger partial charge in [0.15, 0.2) is 0 Å². The van der Waals surface area contributed by atoms with E-state index in [1.807, 2.05) is 24.3 Å². The van der Waals surface area contributed by atoms with Gasteiger partial charge < -0.3 is 10.8 Å². The Morgan fingerprint density at radius 2 is 1.79 bits per heavy atom. The van der Waals surface area contributed by atoms with Crippen LogP contribution in [0.1, 0.15) is 24.5 Å². The molecule has 0 spiro atoms. The van der Waals surface area contributed by atoms with Gasteiger partial charge in [-0.15, -0.1) is 0 Å². The molecule has 0 aliphatic rings. The topological polar surface area (TPSA) is 46.2 Å². The Hall–Kier alpha value is -1.80. The van der Waals surface area contributed by atoms with E-state index in [2.05, 4.69) is 31.2 Å². The summed E-state index contributed by atoms with van der Waals surface area (Å²) < 4.78 is 0. The smallest absolute Gasteiger partial charge is 0.115 e. The van der Waals surface area contributed by atoms with Gasteiger partial charge in [-0.1, -0.05) is 49.4 Å². The van der Waals surface area contributed by atoms with E-state index >= 15 is 0 Å². The predicted octanol–water partition coefficient (Wildman–Crippen LogP) is 3.24. The van der Waals surface area contributed by atoms with E-state index in [4.69, 9.17) is 5.73 Å². The third kappa shape index (κ3) is 2.96. The lowest BCUT2D eigenvalue weighted by molar-refractivity contribution is 0.416. The molecule has 2 aromatic carbocycles. The first-order valence-corrected chi connectivity index (χ1v) is 6.74. The molecular formula is C17H21NO. The Balaban J connectivity index is 2.35. The standard InChI is InChI=1S/C17H21NO/c1-2-17(13-18,15-8-4-3-5-9-15)12-14-7-6-10-16(19)11-14/h3-11,19H,2,12-13,18H2,1H3. The molecular weight excluding hydrogens is 234 g/mol. The Morgan fingerprint density at radius 1 is 1.05 bits per heavy atom. The van der Waals surface area contributed by atoms with Crippen molar-refractivity contribution < 1.29 is 5.11 Å². The minimum Gasteiger partial charge on any atom is -0.508 e. The molecule has 0 saturated heterocycles. The molecule has 0 radical (unpaired) electrons. The lowest BCUT2D eigenvalue weighted by Gasteiger charge is -2.32. The molecule has 1 unspecified atom stereocenters. The molecule has 2 aromatic rings. The van der Waals surface area contributed by atoms with E-state index in [1.165, 1.54) is 5.56 Å². The normalized spacial score (nSPS) is 14.0. The molecule has 0 bridgehead atoms. The highest BCUT2D eigenvalue weighted by atomic mass is 16.3. The predicted molar refractivity (Wildman–Crippen MR) is 79.3 cm³/mol. The summed E-state index contributed by atoms with van der Waals surface area (Å²) in [5, 5.41) is 9.59. The molecule has 3 N–H and O–H groups in total. The van der Waals surface area contributed by atoms with Crippen molar-refractivity contribution in [2.45, 2.75) is 25.2 Å². The van der Waals surface area contributed by atoms with Gasteiger partial charge in [0.05, 0.1) is 0 Å². The highest BCUT2D eigenvalue weighted by Crippen LogP contribution is 2.31. The minimum atomic E-state index is -0.0605. The summed E-state index contributed by atoms with van der Waals surface area (Å²) >= 11 is 0. The van der Waals surface area contributed by atoms with Crippen molar-refractivity contribution in [3.8, 4) is 5.75 Å². The molecule has 0 heterocycles. The molecule has 2 rings (SSSR count). The van der Waals surface area contributed by atoms with Gasteiger partial charge in [0, 0.05) is 12.0 Å². The molecule has 100 valence electrons. The zero-order chi connectivity index (χ0) is 13.7. The first kappa shape index (κ1) is 13.6. The summed E-state index contributed by atoms with van der Waals surface area (Å²) in [7, 11) is 0. The molecule has 19 heavy (non-hydrogen) atoms. The van der Waals surface area contributed by atoms with Crippen LogP contribution in [0.4, 0.5) is 0 Å². The van der Waals surface area contributed by atoms with Crippen LogP contribution in [0.25, 0.3) is 0 Å². The van der Waals surface area contributed by atoms with Crippen LogP contribution in [0.15, 0.2) is 54.6 Å². The number of hydrogen-bond donors (Lipinski definition) is 2. The number of phenols is 1. The van der Waals surface area contributed by atoms with Crippen LogP contribution in [0.2, 0.25) is 0 Å². The van der Waals surface area contributed by atoms with Gasteiger partial charge in [-0.3, -0.25) is 0 Å². The second-order valence-corrected chi connectivity index (χ2v) is 5.05. The molecule has 0 aromatic heterocycles. The molecule has 0 aliphatic heterocycles. The SMILES string of the molecule is CCC(CN)(Cc1cccc(O)c1)c1ccccc1. The van der Waals surface area contributed by atoms with Crippen LogP contribution >= 0.6 is 0 Å². The third-order valence-electron chi connectivity index (χ3n) is 3.91. The largest absolute Gasteiger partial charge is 0.508 e. The van der Waals surface area contributed by atoms with E-state index < -0.39 is 0 Å². The summed E-state index contributed by atoms with van der Waals surface area (Å²) in [6.07, 6.45) is 1.82. The Labute approximate surface area is 114 Å². The molecule has 0 saturated carbocycles. The Kier molecular flexibility index (Phi) is 4.23. The second-order valence-electron chi connectivity index (χ2n) is 5.05. The Morgan fingerprint density at radius 3 is 2.37 bits per heavy atom. The average Bonchev–Trinajstić information content (AvgIpc) is 2.46. The lowest BCUT2D eigenvalue weighted by Crippen LogP contribution is -2.36. The number of nitrogens with two attached hydrogens (primary N) is 1. The van der Waals surface area contributed by atoms with E-state index in [0.717, 1.165) is 18.4 Å². The van der Waals surface area contributed by atoms with Crippen molar-refractivity contribution in [2.24, 2.45) is 5.73 Å². The van der Waals surface area contributed by atoms with Crippen molar-refractivity contribution in [2.75, 3.05) is 6.54 Å². The zero-order valence-electron chi connectivity index (χ0n) is 11.3. The van der Waals surface area contributed by atoms with Crippen LogP contribution in [0, 0.1) is 0 Å². The second kappa shape index (κ2) is 5.89. The molecule has 0 aliphatic carbocycles. The number of aromatic hydroxyl groups is 1.